The molecule has 0 radical (unpaired) electrons. The maximum absolute atomic E-state index is 13.1. The van der Waals surface area contributed by atoms with E-state index < -0.39 is 79.1 Å². The number of carbonyl (C=O) groups excluding carboxylic acids is 6. The van der Waals surface area contributed by atoms with Crippen LogP contribution >= 0.6 is 0 Å². The van der Waals surface area contributed by atoms with Crippen LogP contribution in [0.15, 0.2) is 0 Å². The Bertz CT molecular complexity index is 870. The summed E-state index contributed by atoms with van der Waals surface area (Å²) >= 11 is 0. The molecule has 0 aromatic rings. The molecular weight excluding hydrogens is 506 g/mol. The zero-order chi connectivity index (χ0) is 29.0. The topological polar surface area (TPSA) is 267 Å². The Morgan fingerprint density at radius 1 is 1.03 bits per heavy atom. The van der Waals surface area contributed by atoms with Crippen molar-refractivity contribution in [1.82, 2.24) is 26.2 Å². The van der Waals surface area contributed by atoms with Gasteiger partial charge in [-0.2, -0.15) is 0 Å². The molecule has 1 aliphatic rings. The van der Waals surface area contributed by atoms with Crippen LogP contribution in [0.4, 0.5) is 0 Å². The SMILES string of the molecule is CC(O)C1NC(=O)C(N)CCC(=O)NCCCCC(C(=O)N(C)C(CO)C(N)=O)NC(=O)C(CO)NC1=O. The molecule has 1 rings (SSSR count). The normalized spacial score (nSPS) is 26.4. The fourth-order valence-corrected chi connectivity index (χ4v) is 3.66. The van der Waals surface area contributed by atoms with Gasteiger partial charge in [0.1, 0.15) is 24.2 Å². The molecule has 6 atom stereocenters. The molecule has 11 N–H and O–H groups in total. The number of amides is 6. The number of primary amides is 1. The van der Waals surface area contributed by atoms with Crippen molar-refractivity contribution in [3.8, 4) is 0 Å². The number of aliphatic hydroxyl groups is 3. The first-order valence-corrected chi connectivity index (χ1v) is 12.2. The molecule has 0 aromatic carbocycles. The summed E-state index contributed by atoms with van der Waals surface area (Å²) in [6, 6.07) is -6.88. The van der Waals surface area contributed by atoms with Crippen molar-refractivity contribution in [1.29, 1.82) is 0 Å². The van der Waals surface area contributed by atoms with E-state index in [1.807, 2.05) is 0 Å². The smallest absolute Gasteiger partial charge is 0.245 e. The summed E-state index contributed by atoms with van der Waals surface area (Å²) in [4.78, 5) is 75.7. The number of rotatable bonds is 6. The molecule has 216 valence electrons. The largest absolute Gasteiger partial charge is 0.394 e. The van der Waals surface area contributed by atoms with E-state index in [2.05, 4.69) is 21.3 Å². The predicted octanol–water partition coefficient (Wildman–Crippen LogP) is -5.47. The lowest BCUT2D eigenvalue weighted by Gasteiger charge is -2.30. The quantitative estimate of drug-likeness (QED) is 0.153. The van der Waals surface area contributed by atoms with Gasteiger partial charge in [0.05, 0.1) is 25.4 Å². The molecule has 0 bridgehead atoms. The van der Waals surface area contributed by atoms with Gasteiger partial charge in [-0.15, -0.1) is 0 Å². The highest BCUT2D eigenvalue weighted by Crippen LogP contribution is 2.09. The summed E-state index contributed by atoms with van der Waals surface area (Å²) in [5, 5.41) is 38.7. The number of hydrogen-bond donors (Lipinski definition) is 9. The Labute approximate surface area is 219 Å². The summed E-state index contributed by atoms with van der Waals surface area (Å²) in [7, 11) is 1.22. The summed E-state index contributed by atoms with van der Waals surface area (Å²) in [5.41, 5.74) is 11.0. The second-order valence-electron chi connectivity index (χ2n) is 9.07. The number of likely N-dealkylation sites (N-methyl/N-ethyl adjacent to an activating group) is 1. The first kappa shape index (κ1) is 32.7. The van der Waals surface area contributed by atoms with Crippen LogP contribution in [0.1, 0.15) is 39.0 Å². The van der Waals surface area contributed by atoms with E-state index in [4.69, 9.17) is 11.5 Å². The van der Waals surface area contributed by atoms with E-state index in [0.717, 1.165) is 4.90 Å². The van der Waals surface area contributed by atoms with Crippen molar-refractivity contribution in [2.45, 2.75) is 75.3 Å². The second kappa shape index (κ2) is 15.8. The van der Waals surface area contributed by atoms with Gasteiger partial charge in [-0.25, -0.2) is 0 Å². The molecule has 1 aliphatic heterocycles. The molecule has 6 amide bonds. The van der Waals surface area contributed by atoms with Gasteiger partial charge in [0.25, 0.3) is 0 Å². The van der Waals surface area contributed by atoms with Gasteiger partial charge in [-0.3, -0.25) is 28.8 Å². The molecule has 1 saturated heterocycles. The average molecular weight is 546 g/mol. The second-order valence-corrected chi connectivity index (χ2v) is 9.07. The molecule has 0 aromatic heterocycles. The molecule has 0 spiro atoms. The Morgan fingerprint density at radius 3 is 2.24 bits per heavy atom. The fourth-order valence-electron chi connectivity index (χ4n) is 3.66. The summed E-state index contributed by atoms with van der Waals surface area (Å²) in [5.74, 6) is -4.90. The monoisotopic (exact) mass is 545 g/mol. The minimum Gasteiger partial charge on any atom is -0.394 e. The average Bonchev–Trinajstić information content (AvgIpc) is 2.86. The standard InChI is InChI=1S/C22H39N7O9/c1-11(32)17-21(37)27-14(9-30)20(36)26-13(22(38)29(2)15(10-31)18(24)34)5-3-4-8-25-16(33)7-6-12(23)19(35)28-17/h11-15,17,30-32H,3-10,23H2,1-2H3,(H2,24,34)(H,25,33)(H,26,36)(H,27,37)(H,28,35). The highest BCUT2D eigenvalue weighted by atomic mass is 16.3. The minimum atomic E-state index is -1.57. The summed E-state index contributed by atoms with van der Waals surface area (Å²) in [6.07, 6.45) is -0.767. The molecule has 16 nitrogen and oxygen atoms in total. The molecule has 1 fully saturated rings. The molecule has 0 aliphatic carbocycles. The van der Waals surface area contributed by atoms with Crippen molar-refractivity contribution >= 4 is 35.4 Å². The van der Waals surface area contributed by atoms with Crippen LogP contribution in [-0.4, -0.2) is 119 Å². The minimum absolute atomic E-state index is 0.0394. The van der Waals surface area contributed by atoms with Crippen LogP contribution in [0, 0.1) is 0 Å². The van der Waals surface area contributed by atoms with Crippen molar-refractivity contribution in [2.24, 2.45) is 11.5 Å². The lowest BCUT2D eigenvalue weighted by molar-refractivity contribution is -0.143. The number of carbonyl (C=O) groups is 6. The Hall–Kier alpha value is -3.34. The van der Waals surface area contributed by atoms with Gasteiger partial charge >= 0.3 is 0 Å². The van der Waals surface area contributed by atoms with Gasteiger partial charge in [0.15, 0.2) is 0 Å². The van der Waals surface area contributed by atoms with E-state index in [-0.39, 0.29) is 31.7 Å². The lowest BCUT2D eigenvalue weighted by Crippen LogP contribution is -2.61. The maximum atomic E-state index is 13.1. The van der Waals surface area contributed by atoms with Crippen molar-refractivity contribution in [3.63, 3.8) is 0 Å². The number of aliphatic hydroxyl groups excluding tert-OH is 3. The van der Waals surface area contributed by atoms with Crippen LogP contribution in [0.25, 0.3) is 0 Å². The van der Waals surface area contributed by atoms with Crippen LogP contribution in [0.2, 0.25) is 0 Å². The van der Waals surface area contributed by atoms with Crippen LogP contribution in [0.3, 0.4) is 0 Å². The van der Waals surface area contributed by atoms with Crippen molar-refractivity contribution in [2.75, 3.05) is 26.8 Å². The third-order valence-electron chi connectivity index (χ3n) is 6.07. The van der Waals surface area contributed by atoms with Gasteiger partial charge in [-0.1, -0.05) is 0 Å². The molecule has 38 heavy (non-hydrogen) atoms. The van der Waals surface area contributed by atoms with Crippen molar-refractivity contribution in [3.05, 3.63) is 0 Å². The lowest BCUT2D eigenvalue weighted by atomic mass is 10.1. The Balaban J connectivity index is 3.22. The first-order valence-electron chi connectivity index (χ1n) is 12.2. The molecule has 0 saturated carbocycles. The maximum Gasteiger partial charge on any atom is 0.245 e. The van der Waals surface area contributed by atoms with Gasteiger partial charge in [0, 0.05) is 20.0 Å². The summed E-state index contributed by atoms with van der Waals surface area (Å²) < 4.78 is 0. The third kappa shape index (κ3) is 9.85. The number of hydrogen-bond acceptors (Lipinski definition) is 10. The Kier molecular flexibility index (Phi) is 13.6. The molecule has 1 heterocycles. The van der Waals surface area contributed by atoms with E-state index in [0.29, 0.717) is 12.8 Å². The van der Waals surface area contributed by atoms with Crippen molar-refractivity contribution < 1.29 is 44.1 Å². The summed E-state index contributed by atoms with van der Waals surface area (Å²) in [6.45, 7) is -0.202. The number of nitrogens with two attached hydrogens (primary N) is 2. The molecule has 16 heteroatoms. The Morgan fingerprint density at radius 2 is 1.68 bits per heavy atom. The first-order chi connectivity index (χ1) is 17.8. The number of nitrogens with zero attached hydrogens (tertiary/aromatic N) is 1. The molecular formula is C22H39N7O9. The van der Waals surface area contributed by atoms with E-state index in [9.17, 15) is 44.1 Å². The number of nitrogens with one attached hydrogen (secondary N) is 4. The zero-order valence-electron chi connectivity index (χ0n) is 21.5. The van der Waals surface area contributed by atoms with Crippen LogP contribution in [-0.2, 0) is 28.8 Å². The third-order valence-corrected chi connectivity index (χ3v) is 6.07. The zero-order valence-corrected chi connectivity index (χ0v) is 21.5. The molecule has 6 unspecified atom stereocenters. The van der Waals surface area contributed by atoms with Crippen LogP contribution < -0.4 is 32.7 Å². The van der Waals surface area contributed by atoms with E-state index >= 15 is 0 Å². The van der Waals surface area contributed by atoms with E-state index in [1.54, 1.807) is 0 Å². The van der Waals surface area contributed by atoms with Gasteiger partial charge in [-0.05, 0) is 32.6 Å². The van der Waals surface area contributed by atoms with Crippen LogP contribution in [0.5, 0.6) is 0 Å². The van der Waals surface area contributed by atoms with E-state index in [1.165, 1.54) is 14.0 Å². The van der Waals surface area contributed by atoms with Gasteiger partial charge < -0.3 is 53.0 Å². The highest BCUT2D eigenvalue weighted by molar-refractivity contribution is 5.96. The fraction of sp³-hybridized carbons (Fsp3) is 0.727. The highest BCUT2D eigenvalue weighted by Gasteiger charge is 2.34. The van der Waals surface area contributed by atoms with Gasteiger partial charge in [0.2, 0.25) is 35.4 Å². The predicted molar refractivity (Wildman–Crippen MR) is 131 cm³/mol.